The van der Waals surface area contributed by atoms with Crippen LogP contribution in [0.25, 0.3) is 11.3 Å². The van der Waals surface area contributed by atoms with Gasteiger partial charge in [0, 0.05) is 30.4 Å². The summed E-state index contributed by atoms with van der Waals surface area (Å²) in [5, 5.41) is 0. The van der Waals surface area contributed by atoms with E-state index in [2.05, 4.69) is 9.97 Å². The molecule has 14 heavy (non-hydrogen) atoms. The van der Waals surface area contributed by atoms with E-state index in [0.29, 0.717) is 17.2 Å². The van der Waals surface area contributed by atoms with E-state index in [4.69, 9.17) is 4.42 Å². The Kier molecular flexibility index (Phi) is 2.10. The normalized spacial score (nSPS) is 10.1. The van der Waals surface area contributed by atoms with Gasteiger partial charge < -0.3 is 4.42 Å². The highest BCUT2D eigenvalue weighted by Gasteiger charge is 2.08. The summed E-state index contributed by atoms with van der Waals surface area (Å²) in [5.41, 5.74) is 1.22. The summed E-state index contributed by atoms with van der Waals surface area (Å²) in [4.78, 5) is 18.5. The maximum atomic E-state index is 10.7. The lowest BCUT2D eigenvalue weighted by atomic mass is 10.1. The second kappa shape index (κ2) is 3.41. The highest BCUT2D eigenvalue weighted by molar-refractivity contribution is 5.85. The van der Waals surface area contributed by atoms with Crippen molar-refractivity contribution < 1.29 is 9.21 Å². The van der Waals surface area contributed by atoms with Gasteiger partial charge in [-0.1, -0.05) is 0 Å². The van der Waals surface area contributed by atoms with Gasteiger partial charge in [-0.05, 0) is 6.07 Å². The first-order valence-corrected chi connectivity index (χ1v) is 4.13. The van der Waals surface area contributed by atoms with Crippen molar-refractivity contribution in [3.63, 3.8) is 0 Å². The number of carbonyl (C=O) groups is 1. The van der Waals surface area contributed by atoms with E-state index < -0.39 is 0 Å². The molecule has 0 saturated carbocycles. The number of aryl methyl sites for hydroxylation is 1. The minimum absolute atomic E-state index is 0.503. The van der Waals surface area contributed by atoms with Gasteiger partial charge in [0.15, 0.2) is 17.9 Å². The second-order valence-electron chi connectivity index (χ2n) is 2.82. The van der Waals surface area contributed by atoms with Gasteiger partial charge in [0.1, 0.15) is 0 Å². The van der Waals surface area contributed by atoms with E-state index in [0.717, 1.165) is 11.8 Å². The van der Waals surface area contributed by atoms with Gasteiger partial charge in [0.05, 0.1) is 6.20 Å². The van der Waals surface area contributed by atoms with E-state index in [9.17, 15) is 4.79 Å². The topological polar surface area (TPSA) is 56.0 Å². The Hall–Kier alpha value is -1.97. The predicted octanol–water partition coefficient (Wildman–Crippen LogP) is 1.86. The molecular weight excluding hydrogens is 180 g/mol. The van der Waals surface area contributed by atoms with Gasteiger partial charge in [-0.15, -0.1) is 0 Å². The summed E-state index contributed by atoms with van der Waals surface area (Å²) in [5.74, 6) is 1.17. The fourth-order valence-corrected chi connectivity index (χ4v) is 1.21. The minimum atomic E-state index is 0.503. The lowest BCUT2D eigenvalue weighted by Gasteiger charge is -1.97. The van der Waals surface area contributed by atoms with Crippen LogP contribution >= 0.6 is 0 Å². The fourth-order valence-electron chi connectivity index (χ4n) is 1.21. The van der Waals surface area contributed by atoms with Crippen molar-refractivity contribution in [2.24, 2.45) is 0 Å². The van der Waals surface area contributed by atoms with Crippen molar-refractivity contribution in [1.82, 2.24) is 9.97 Å². The van der Waals surface area contributed by atoms with Crippen LogP contribution in [-0.4, -0.2) is 16.3 Å². The van der Waals surface area contributed by atoms with Gasteiger partial charge >= 0.3 is 0 Å². The Labute approximate surface area is 80.6 Å². The molecule has 0 N–H and O–H groups in total. The van der Waals surface area contributed by atoms with Gasteiger partial charge in [0.25, 0.3) is 0 Å². The Morgan fingerprint density at radius 1 is 1.43 bits per heavy atom. The molecule has 70 valence electrons. The van der Waals surface area contributed by atoms with Gasteiger partial charge in [-0.25, -0.2) is 4.98 Å². The van der Waals surface area contributed by atoms with Crippen molar-refractivity contribution in [3.05, 3.63) is 36.1 Å². The first-order chi connectivity index (χ1) is 6.81. The molecule has 0 radical (unpaired) electrons. The van der Waals surface area contributed by atoms with Crippen LogP contribution in [0.3, 0.4) is 0 Å². The molecule has 0 spiro atoms. The minimum Gasteiger partial charge on any atom is -0.441 e. The van der Waals surface area contributed by atoms with Crippen molar-refractivity contribution in [2.75, 3.05) is 0 Å². The molecule has 0 aliphatic rings. The van der Waals surface area contributed by atoms with E-state index in [-0.39, 0.29) is 0 Å². The Morgan fingerprint density at radius 2 is 2.29 bits per heavy atom. The number of aldehydes is 1. The summed E-state index contributed by atoms with van der Waals surface area (Å²) in [7, 11) is 0. The van der Waals surface area contributed by atoms with Crippen molar-refractivity contribution in [2.45, 2.75) is 6.92 Å². The smallest absolute Gasteiger partial charge is 0.191 e. The second-order valence-corrected chi connectivity index (χ2v) is 2.82. The molecule has 2 heterocycles. The quantitative estimate of drug-likeness (QED) is 0.675. The first kappa shape index (κ1) is 8.62. The van der Waals surface area contributed by atoms with Crippen LogP contribution < -0.4 is 0 Å². The third-order valence-corrected chi connectivity index (χ3v) is 1.87. The molecule has 0 unspecified atom stereocenters. The van der Waals surface area contributed by atoms with Crippen molar-refractivity contribution in [1.29, 1.82) is 0 Å². The number of pyridine rings is 1. The largest absolute Gasteiger partial charge is 0.441 e. The van der Waals surface area contributed by atoms with Crippen LogP contribution in [0.4, 0.5) is 0 Å². The number of aromatic nitrogens is 2. The lowest BCUT2D eigenvalue weighted by molar-refractivity contribution is 0.112. The Balaban J connectivity index is 2.55. The highest BCUT2D eigenvalue weighted by atomic mass is 16.4. The summed E-state index contributed by atoms with van der Waals surface area (Å²) < 4.78 is 5.31. The van der Waals surface area contributed by atoms with Gasteiger partial charge in [-0.2, -0.15) is 0 Å². The van der Waals surface area contributed by atoms with Crippen LogP contribution in [0.2, 0.25) is 0 Å². The lowest BCUT2D eigenvalue weighted by Crippen LogP contribution is -1.86. The zero-order valence-corrected chi connectivity index (χ0v) is 7.60. The maximum Gasteiger partial charge on any atom is 0.191 e. The number of rotatable bonds is 2. The van der Waals surface area contributed by atoms with E-state index >= 15 is 0 Å². The summed E-state index contributed by atoms with van der Waals surface area (Å²) >= 11 is 0. The molecule has 0 aromatic carbocycles. The monoisotopic (exact) mass is 188 g/mol. The standard InChI is InChI=1S/C10H8N2O2/c1-7-12-5-10(14-7)9-2-3-11-4-8(9)6-13/h2-6H,1H3. The highest BCUT2D eigenvalue weighted by Crippen LogP contribution is 2.22. The summed E-state index contributed by atoms with van der Waals surface area (Å²) in [6, 6.07) is 1.73. The van der Waals surface area contributed by atoms with E-state index in [1.165, 1.54) is 6.20 Å². The number of nitrogens with zero attached hydrogens (tertiary/aromatic N) is 2. The summed E-state index contributed by atoms with van der Waals surface area (Å²) in [6.07, 6.45) is 5.46. The maximum absolute atomic E-state index is 10.7. The molecule has 2 aromatic heterocycles. The number of hydrogen-bond donors (Lipinski definition) is 0. The molecule has 2 aromatic rings. The molecule has 2 rings (SSSR count). The van der Waals surface area contributed by atoms with Crippen LogP contribution in [0.15, 0.2) is 29.1 Å². The van der Waals surface area contributed by atoms with Gasteiger partial charge in [0.2, 0.25) is 0 Å². The van der Waals surface area contributed by atoms with E-state index in [1.807, 2.05) is 0 Å². The van der Waals surface area contributed by atoms with Crippen molar-refractivity contribution >= 4 is 6.29 Å². The van der Waals surface area contributed by atoms with Crippen LogP contribution in [0, 0.1) is 6.92 Å². The number of carbonyl (C=O) groups excluding carboxylic acids is 1. The average molecular weight is 188 g/mol. The molecule has 0 fully saturated rings. The van der Waals surface area contributed by atoms with Gasteiger partial charge in [-0.3, -0.25) is 9.78 Å². The molecule has 0 aliphatic carbocycles. The fraction of sp³-hybridized carbons (Fsp3) is 0.100. The average Bonchev–Trinajstić information content (AvgIpc) is 2.65. The van der Waals surface area contributed by atoms with Crippen LogP contribution in [0.5, 0.6) is 0 Å². The number of oxazole rings is 1. The number of hydrogen-bond acceptors (Lipinski definition) is 4. The summed E-state index contributed by atoms with van der Waals surface area (Å²) in [6.45, 7) is 1.76. The molecule has 0 amide bonds. The molecule has 0 saturated heterocycles. The third-order valence-electron chi connectivity index (χ3n) is 1.87. The SMILES string of the molecule is Cc1ncc(-c2ccncc2C=O)o1. The van der Waals surface area contributed by atoms with Crippen LogP contribution in [0.1, 0.15) is 16.2 Å². The van der Waals surface area contributed by atoms with E-state index in [1.54, 1.807) is 25.4 Å². The first-order valence-electron chi connectivity index (χ1n) is 4.13. The van der Waals surface area contributed by atoms with Crippen molar-refractivity contribution in [3.8, 4) is 11.3 Å². The third kappa shape index (κ3) is 1.42. The Morgan fingerprint density at radius 3 is 2.93 bits per heavy atom. The Bertz CT molecular complexity index is 463. The van der Waals surface area contributed by atoms with Crippen LogP contribution in [-0.2, 0) is 0 Å². The molecular formula is C10H8N2O2. The zero-order valence-electron chi connectivity index (χ0n) is 7.60. The predicted molar refractivity (Wildman–Crippen MR) is 49.9 cm³/mol. The molecule has 0 bridgehead atoms. The molecule has 4 nitrogen and oxygen atoms in total. The zero-order chi connectivity index (χ0) is 9.97. The molecule has 0 aliphatic heterocycles. The molecule has 4 heteroatoms. The molecule has 0 atom stereocenters.